The number of carbonyl (C=O) groups excluding carboxylic acids is 2. The van der Waals surface area contributed by atoms with Crippen LogP contribution in [0.25, 0.3) is 0 Å². The molecule has 0 saturated heterocycles. The number of ether oxygens (including phenoxy) is 3. The van der Waals surface area contributed by atoms with E-state index in [9.17, 15) is 9.59 Å². The number of nitrogens with one attached hydrogen (secondary N) is 1. The van der Waals surface area contributed by atoms with Crippen LogP contribution in [0.4, 0.5) is 10.6 Å². The molecule has 1 aromatic carbocycles. The zero-order chi connectivity index (χ0) is 21.1. The average Bonchev–Trinajstić information content (AvgIpc) is 2.67. The van der Waals surface area contributed by atoms with Crippen LogP contribution in [-0.4, -0.2) is 29.3 Å². The first-order chi connectivity index (χ1) is 13.8. The van der Waals surface area contributed by atoms with E-state index in [0.29, 0.717) is 31.0 Å². The van der Waals surface area contributed by atoms with E-state index in [1.54, 1.807) is 12.1 Å². The number of carbonyl (C=O) groups is 2. The summed E-state index contributed by atoms with van der Waals surface area (Å²) in [5.41, 5.74) is 0.453. The van der Waals surface area contributed by atoms with Gasteiger partial charge in [-0.3, -0.25) is 10.1 Å². The van der Waals surface area contributed by atoms with Gasteiger partial charge < -0.3 is 14.2 Å². The first-order valence-corrected chi connectivity index (χ1v) is 9.60. The number of amides is 1. The van der Waals surface area contributed by atoms with E-state index in [1.807, 2.05) is 51.1 Å². The molecule has 1 N–H and O–H groups in total. The third-order valence-electron chi connectivity index (χ3n) is 3.64. The van der Waals surface area contributed by atoms with Crippen LogP contribution in [0.15, 0.2) is 48.7 Å². The molecule has 0 spiro atoms. The summed E-state index contributed by atoms with van der Waals surface area (Å²) < 4.78 is 16.0. The molecule has 0 aliphatic heterocycles. The number of hydrogen-bond donors (Lipinski definition) is 1. The van der Waals surface area contributed by atoms with Crippen LogP contribution < -0.4 is 10.1 Å². The zero-order valence-corrected chi connectivity index (χ0v) is 17.1. The number of benzene rings is 1. The SMILES string of the molecule is CC(C)(C)OC(=O)CCCCOc1ccc(NC(=O)OCc2ccccc2)nc1. The van der Waals surface area contributed by atoms with Gasteiger partial charge in [-0.1, -0.05) is 30.3 Å². The highest BCUT2D eigenvalue weighted by Crippen LogP contribution is 2.14. The predicted molar refractivity (Wildman–Crippen MR) is 110 cm³/mol. The molecule has 1 amide bonds. The minimum atomic E-state index is -0.572. The highest BCUT2D eigenvalue weighted by molar-refractivity contribution is 5.83. The van der Waals surface area contributed by atoms with Crippen LogP contribution in [-0.2, 0) is 20.9 Å². The summed E-state index contributed by atoms with van der Waals surface area (Å²) in [5.74, 6) is 0.763. The van der Waals surface area contributed by atoms with Gasteiger partial charge in [-0.25, -0.2) is 9.78 Å². The monoisotopic (exact) mass is 400 g/mol. The number of rotatable bonds is 9. The van der Waals surface area contributed by atoms with Crippen molar-refractivity contribution in [3.05, 3.63) is 54.2 Å². The first-order valence-electron chi connectivity index (χ1n) is 9.60. The number of anilines is 1. The molecule has 0 aliphatic rings. The fourth-order valence-corrected chi connectivity index (χ4v) is 2.36. The zero-order valence-electron chi connectivity index (χ0n) is 17.1. The van der Waals surface area contributed by atoms with E-state index < -0.39 is 11.7 Å². The lowest BCUT2D eigenvalue weighted by molar-refractivity contribution is -0.154. The predicted octanol–water partition coefficient (Wildman–Crippen LogP) is 4.72. The minimum absolute atomic E-state index is 0.192. The first kappa shape index (κ1) is 22.2. The number of pyridine rings is 1. The Morgan fingerprint density at radius 1 is 1.03 bits per heavy atom. The van der Waals surface area contributed by atoms with Gasteiger partial charge in [0.1, 0.15) is 23.8 Å². The summed E-state index contributed by atoms with van der Waals surface area (Å²) in [4.78, 5) is 27.6. The number of nitrogens with zero attached hydrogens (tertiary/aromatic N) is 1. The molecule has 0 bridgehead atoms. The summed E-state index contributed by atoms with van der Waals surface area (Å²) in [6.07, 6.45) is 2.74. The van der Waals surface area contributed by atoms with Gasteiger partial charge in [0, 0.05) is 6.42 Å². The molecule has 0 atom stereocenters. The Morgan fingerprint density at radius 3 is 2.45 bits per heavy atom. The highest BCUT2D eigenvalue weighted by atomic mass is 16.6. The quantitative estimate of drug-likeness (QED) is 0.484. The van der Waals surface area contributed by atoms with Crippen molar-refractivity contribution in [1.29, 1.82) is 0 Å². The van der Waals surface area contributed by atoms with Crippen LogP contribution >= 0.6 is 0 Å². The lowest BCUT2D eigenvalue weighted by Gasteiger charge is -2.19. The second kappa shape index (κ2) is 11.0. The molecule has 1 heterocycles. The van der Waals surface area contributed by atoms with Gasteiger partial charge in [0.25, 0.3) is 0 Å². The standard InChI is InChI=1S/C22H28N2O5/c1-22(2,3)29-20(25)11-7-8-14-27-18-12-13-19(23-15-18)24-21(26)28-16-17-9-5-4-6-10-17/h4-6,9-10,12-13,15H,7-8,11,14,16H2,1-3H3,(H,23,24,26). The van der Waals surface area contributed by atoms with E-state index in [2.05, 4.69) is 10.3 Å². The van der Waals surface area contributed by atoms with Crippen molar-refractivity contribution in [2.24, 2.45) is 0 Å². The molecule has 0 aliphatic carbocycles. The molecule has 0 saturated carbocycles. The second-order valence-electron chi connectivity index (χ2n) is 7.46. The van der Waals surface area contributed by atoms with E-state index in [-0.39, 0.29) is 12.6 Å². The smallest absolute Gasteiger partial charge is 0.413 e. The van der Waals surface area contributed by atoms with Crippen LogP contribution in [0.1, 0.15) is 45.6 Å². The molecule has 0 unspecified atom stereocenters. The fraction of sp³-hybridized carbons (Fsp3) is 0.409. The van der Waals surface area contributed by atoms with E-state index in [4.69, 9.17) is 14.2 Å². The minimum Gasteiger partial charge on any atom is -0.492 e. The lowest BCUT2D eigenvalue weighted by atomic mass is 10.2. The van der Waals surface area contributed by atoms with Gasteiger partial charge >= 0.3 is 12.1 Å². The molecule has 0 fully saturated rings. The number of hydrogen-bond acceptors (Lipinski definition) is 6. The van der Waals surface area contributed by atoms with Crippen molar-refractivity contribution in [3.63, 3.8) is 0 Å². The van der Waals surface area contributed by atoms with Crippen molar-refractivity contribution < 1.29 is 23.8 Å². The maximum Gasteiger partial charge on any atom is 0.413 e. The van der Waals surface area contributed by atoms with E-state index >= 15 is 0 Å². The van der Waals surface area contributed by atoms with Crippen LogP contribution in [0.5, 0.6) is 5.75 Å². The average molecular weight is 400 g/mol. The molecule has 29 heavy (non-hydrogen) atoms. The van der Waals surface area contributed by atoms with E-state index in [1.165, 1.54) is 6.20 Å². The molecule has 0 radical (unpaired) electrons. The van der Waals surface area contributed by atoms with Gasteiger partial charge in [0.15, 0.2) is 0 Å². The Bertz CT molecular complexity index is 770. The van der Waals surface area contributed by atoms with Gasteiger partial charge in [0.05, 0.1) is 12.8 Å². The maximum absolute atomic E-state index is 11.8. The summed E-state index contributed by atoms with van der Waals surface area (Å²) in [5, 5.41) is 2.57. The molecular weight excluding hydrogens is 372 g/mol. The lowest BCUT2D eigenvalue weighted by Crippen LogP contribution is -2.23. The Balaban J connectivity index is 1.63. The van der Waals surface area contributed by atoms with Gasteiger partial charge in [-0.15, -0.1) is 0 Å². The Morgan fingerprint density at radius 2 is 1.79 bits per heavy atom. The van der Waals surface area contributed by atoms with Crippen molar-refractivity contribution >= 4 is 17.9 Å². The summed E-state index contributed by atoms with van der Waals surface area (Å²) >= 11 is 0. The van der Waals surface area contributed by atoms with Crippen LogP contribution in [0.2, 0.25) is 0 Å². The van der Waals surface area contributed by atoms with Crippen molar-refractivity contribution in [1.82, 2.24) is 4.98 Å². The van der Waals surface area contributed by atoms with Crippen molar-refractivity contribution in [2.75, 3.05) is 11.9 Å². The fourth-order valence-electron chi connectivity index (χ4n) is 2.36. The van der Waals surface area contributed by atoms with Gasteiger partial charge in [-0.05, 0) is 51.3 Å². The summed E-state index contributed by atoms with van der Waals surface area (Å²) in [7, 11) is 0. The molecule has 156 valence electrons. The number of aromatic nitrogens is 1. The molecular formula is C22H28N2O5. The van der Waals surface area contributed by atoms with Crippen molar-refractivity contribution in [2.45, 2.75) is 52.2 Å². The normalized spacial score (nSPS) is 10.9. The topological polar surface area (TPSA) is 86.8 Å². The second-order valence-corrected chi connectivity index (χ2v) is 7.46. The Kier molecular flexibility index (Phi) is 8.45. The van der Waals surface area contributed by atoms with Gasteiger partial charge in [-0.2, -0.15) is 0 Å². The highest BCUT2D eigenvalue weighted by Gasteiger charge is 2.15. The van der Waals surface area contributed by atoms with E-state index in [0.717, 1.165) is 12.0 Å². The largest absolute Gasteiger partial charge is 0.492 e. The number of unbranched alkanes of at least 4 members (excludes halogenated alkanes) is 1. The molecule has 2 rings (SSSR count). The number of esters is 1. The molecule has 1 aromatic heterocycles. The third kappa shape index (κ3) is 9.60. The van der Waals surface area contributed by atoms with Gasteiger partial charge in [0.2, 0.25) is 0 Å². The maximum atomic E-state index is 11.8. The Hall–Kier alpha value is -3.09. The molecule has 2 aromatic rings. The van der Waals surface area contributed by atoms with Crippen LogP contribution in [0.3, 0.4) is 0 Å². The van der Waals surface area contributed by atoms with Crippen LogP contribution in [0, 0.1) is 0 Å². The van der Waals surface area contributed by atoms with Crippen molar-refractivity contribution in [3.8, 4) is 5.75 Å². The Labute approximate surface area is 171 Å². The summed E-state index contributed by atoms with van der Waals surface area (Å²) in [6.45, 7) is 6.21. The third-order valence-corrected chi connectivity index (χ3v) is 3.64. The summed E-state index contributed by atoms with van der Waals surface area (Å²) in [6, 6.07) is 12.8. The molecule has 7 nitrogen and oxygen atoms in total. The molecule has 7 heteroatoms.